The van der Waals surface area contributed by atoms with Gasteiger partial charge in [0.15, 0.2) is 0 Å². The zero-order valence-electron chi connectivity index (χ0n) is 22.1. The van der Waals surface area contributed by atoms with Gasteiger partial charge in [-0.1, -0.05) is 38.1 Å². The molecule has 0 unspecified atom stereocenters. The summed E-state index contributed by atoms with van der Waals surface area (Å²) in [5, 5.41) is 16.7. The number of pyridine rings is 1. The van der Waals surface area contributed by atoms with Gasteiger partial charge < -0.3 is 20.1 Å². The molecule has 1 aromatic heterocycles. The van der Waals surface area contributed by atoms with Gasteiger partial charge in [-0.15, -0.1) is 0 Å². The fourth-order valence-electron chi connectivity index (χ4n) is 5.82. The number of carbonyl (C=O) groups is 1. The Hall–Kier alpha value is -2.02. The van der Waals surface area contributed by atoms with Crippen molar-refractivity contribution in [2.45, 2.75) is 64.4 Å². The van der Waals surface area contributed by atoms with Crippen LogP contribution in [0.15, 0.2) is 36.5 Å². The van der Waals surface area contributed by atoms with Crippen LogP contribution >= 0.6 is 0 Å². The fraction of sp³-hybridized carbons (Fsp3) is 0.655. The minimum absolute atomic E-state index is 0.0248. The number of nitrogens with one attached hydrogen (secondary N) is 1. The maximum Gasteiger partial charge on any atom is 0.222 e. The van der Waals surface area contributed by atoms with Crippen molar-refractivity contribution in [3.05, 3.63) is 42.1 Å². The number of benzene rings is 1. The van der Waals surface area contributed by atoms with E-state index in [2.05, 4.69) is 24.1 Å². The van der Waals surface area contributed by atoms with E-state index < -0.39 is 5.60 Å². The van der Waals surface area contributed by atoms with Gasteiger partial charge >= 0.3 is 0 Å². The normalized spacial score (nSPS) is 19.1. The van der Waals surface area contributed by atoms with Gasteiger partial charge in [0.25, 0.3) is 0 Å². The number of hydrogen-bond acceptors (Lipinski definition) is 5. The van der Waals surface area contributed by atoms with Gasteiger partial charge in [0.1, 0.15) is 0 Å². The summed E-state index contributed by atoms with van der Waals surface area (Å²) in [5.74, 6) is 1.09. The van der Waals surface area contributed by atoms with Crippen LogP contribution in [0.3, 0.4) is 0 Å². The second-order valence-corrected chi connectivity index (χ2v) is 10.7. The monoisotopic (exact) mass is 483 g/mol. The van der Waals surface area contributed by atoms with Crippen LogP contribution in [-0.2, 0) is 15.1 Å². The van der Waals surface area contributed by atoms with E-state index in [1.165, 1.54) is 0 Å². The molecule has 2 heterocycles. The van der Waals surface area contributed by atoms with Crippen molar-refractivity contribution in [3.63, 3.8) is 0 Å². The molecule has 1 aliphatic rings. The number of para-hydroxylation sites is 1. The quantitative estimate of drug-likeness (QED) is 0.402. The smallest absolute Gasteiger partial charge is 0.222 e. The van der Waals surface area contributed by atoms with E-state index >= 15 is 0 Å². The molecule has 35 heavy (non-hydrogen) atoms. The molecule has 194 valence electrons. The molecule has 0 aliphatic carbocycles. The minimum atomic E-state index is -1.04. The number of methoxy groups -OCH3 is 1. The lowest BCUT2D eigenvalue weighted by Crippen LogP contribution is -2.48. The van der Waals surface area contributed by atoms with Crippen LogP contribution < -0.4 is 5.32 Å². The van der Waals surface area contributed by atoms with Crippen molar-refractivity contribution in [2.75, 3.05) is 40.4 Å². The highest BCUT2D eigenvalue weighted by Crippen LogP contribution is 2.42. The second kappa shape index (κ2) is 13.3. The van der Waals surface area contributed by atoms with Gasteiger partial charge in [-0.2, -0.15) is 0 Å². The number of piperidine rings is 1. The molecule has 1 amide bonds. The Morgan fingerprint density at radius 3 is 2.83 bits per heavy atom. The molecule has 0 bridgehead atoms. The Labute approximate surface area is 211 Å². The second-order valence-electron chi connectivity index (χ2n) is 10.7. The van der Waals surface area contributed by atoms with Crippen molar-refractivity contribution < 1.29 is 14.6 Å². The van der Waals surface area contributed by atoms with E-state index in [0.717, 1.165) is 61.7 Å². The predicted octanol–water partition coefficient (Wildman–Crippen LogP) is 4.75. The number of ether oxygens (including phenoxy) is 1. The molecule has 3 atom stereocenters. The minimum Gasteiger partial charge on any atom is -0.385 e. The van der Waals surface area contributed by atoms with Crippen LogP contribution in [0.4, 0.5) is 0 Å². The molecule has 2 N–H and O–H groups in total. The lowest BCUT2D eigenvalue weighted by Gasteiger charge is -2.43. The highest BCUT2D eigenvalue weighted by Gasteiger charge is 2.42. The van der Waals surface area contributed by atoms with Crippen LogP contribution in [0.2, 0.25) is 0 Å². The topological polar surface area (TPSA) is 74.7 Å². The van der Waals surface area contributed by atoms with E-state index in [-0.39, 0.29) is 11.8 Å². The molecule has 1 aromatic carbocycles. The first kappa shape index (κ1) is 27.6. The Bertz CT molecular complexity index is 929. The van der Waals surface area contributed by atoms with Crippen LogP contribution in [0, 0.1) is 17.8 Å². The number of unbranched alkanes of at least 4 members (excludes halogenated alkanes) is 1. The first-order chi connectivity index (χ1) is 16.9. The van der Waals surface area contributed by atoms with Crippen LogP contribution in [-0.4, -0.2) is 61.3 Å². The number of rotatable bonds is 13. The van der Waals surface area contributed by atoms with Crippen molar-refractivity contribution in [1.82, 2.24) is 15.2 Å². The molecular weight excluding hydrogens is 438 g/mol. The van der Waals surface area contributed by atoms with Gasteiger partial charge in [-0.25, -0.2) is 0 Å². The molecule has 0 spiro atoms. The van der Waals surface area contributed by atoms with Gasteiger partial charge in [0.05, 0.1) is 11.1 Å². The summed E-state index contributed by atoms with van der Waals surface area (Å²) in [4.78, 5) is 20.0. The number of nitrogens with zero attached hydrogens (tertiary/aromatic N) is 2. The SMILES string of the molecule is CNC[C@@H](CC(=O)N1CCC[C@@H]([C@@](O)(CCCCOC)c2cccc3cccnc23)C1)CC(C)C. The number of fused-ring (bicyclic) bond motifs is 1. The third kappa shape index (κ3) is 7.25. The first-order valence-corrected chi connectivity index (χ1v) is 13.4. The first-order valence-electron chi connectivity index (χ1n) is 13.4. The highest BCUT2D eigenvalue weighted by atomic mass is 16.5. The number of amides is 1. The van der Waals surface area contributed by atoms with E-state index in [1.54, 1.807) is 13.3 Å². The third-order valence-corrected chi connectivity index (χ3v) is 7.47. The Morgan fingerprint density at radius 2 is 2.09 bits per heavy atom. The number of aromatic nitrogens is 1. The lowest BCUT2D eigenvalue weighted by atomic mass is 9.73. The zero-order valence-corrected chi connectivity index (χ0v) is 22.1. The maximum absolute atomic E-state index is 13.4. The molecule has 0 radical (unpaired) electrons. The number of aliphatic hydroxyl groups is 1. The average Bonchev–Trinajstić information content (AvgIpc) is 2.86. The van der Waals surface area contributed by atoms with E-state index in [1.807, 2.05) is 42.3 Å². The number of hydrogen-bond donors (Lipinski definition) is 2. The third-order valence-electron chi connectivity index (χ3n) is 7.47. The molecule has 1 aliphatic heterocycles. The Kier molecular flexibility index (Phi) is 10.5. The molecule has 6 nitrogen and oxygen atoms in total. The van der Waals surface area contributed by atoms with Crippen molar-refractivity contribution in [1.29, 1.82) is 0 Å². The van der Waals surface area contributed by atoms with Gasteiger partial charge in [-0.3, -0.25) is 9.78 Å². The average molecular weight is 484 g/mol. The summed E-state index contributed by atoms with van der Waals surface area (Å²) in [7, 11) is 3.67. The van der Waals surface area contributed by atoms with Crippen LogP contribution in [0.25, 0.3) is 10.9 Å². The van der Waals surface area contributed by atoms with E-state index in [4.69, 9.17) is 4.74 Å². The fourth-order valence-corrected chi connectivity index (χ4v) is 5.82. The molecule has 1 saturated heterocycles. The summed E-state index contributed by atoms with van der Waals surface area (Å²) in [5.41, 5.74) is 0.710. The summed E-state index contributed by atoms with van der Waals surface area (Å²) in [6.07, 6.45) is 7.60. The van der Waals surface area contributed by atoms with E-state index in [0.29, 0.717) is 37.8 Å². The van der Waals surface area contributed by atoms with Gasteiger partial charge in [0.2, 0.25) is 5.91 Å². The van der Waals surface area contributed by atoms with E-state index in [9.17, 15) is 9.90 Å². The standard InChI is InChI=1S/C29H45N3O3/c1-22(2)18-23(20-30-3)19-27(33)32-16-9-12-25(21-32)29(34,14-5-6-17-35-4)26-13-7-10-24-11-8-15-31-28(24)26/h7-8,10-11,13,15,22-23,25,30,34H,5-6,9,12,14,16-21H2,1-4H3/t23-,25-,29+/m1/s1. The molecule has 1 fully saturated rings. The lowest BCUT2D eigenvalue weighted by molar-refractivity contribution is -0.137. The van der Waals surface area contributed by atoms with Crippen LogP contribution in [0.5, 0.6) is 0 Å². The largest absolute Gasteiger partial charge is 0.385 e. The number of carbonyl (C=O) groups excluding carboxylic acids is 1. The summed E-state index contributed by atoms with van der Waals surface area (Å²) >= 11 is 0. The predicted molar refractivity (Wildman–Crippen MR) is 142 cm³/mol. The molecule has 2 aromatic rings. The van der Waals surface area contributed by atoms with Crippen molar-refractivity contribution >= 4 is 16.8 Å². The molecular formula is C29H45N3O3. The maximum atomic E-state index is 13.4. The highest BCUT2D eigenvalue weighted by molar-refractivity contribution is 5.82. The summed E-state index contributed by atoms with van der Waals surface area (Å²) in [6.45, 7) is 7.33. The van der Waals surface area contributed by atoms with Gasteiger partial charge in [0, 0.05) is 56.3 Å². The van der Waals surface area contributed by atoms with Crippen molar-refractivity contribution in [3.8, 4) is 0 Å². The molecule has 6 heteroatoms. The molecule has 3 rings (SSSR count). The zero-order chi connectivity index (χ0) is 25.3. The van der Waals surface area contributed by atoms with Crippen LogP contribution in [0.1, 0.15) is 64.4 Å². The summed E-state index contributed by atoms with van der Waals surface area (Å²) in [6, 6.07) is 10.1. The molecule has 0 saturated carbocycles. The summed E-state index contributed by atoms with van der Waals surface area (Å²) < 4.78 is 5.26. The number of likely N-dealkylation sites (tertiary alicyclic amines) is 1. The van der Waals surface area contributed by atoms with Gasteiger partial charge in [-0.05, 0) is 70.0 Å². The van der Waals surface area contributed by atoms with Crippen molar-refractivity contribution in [2.24, 2.45) is 17.8 Å². The Balaban J connectivity index is 1.84. The Morgan fingerprint density at radius 1 is 1.29 bits per heavy atom.